The number of hydrogen-bond donors (Lipinski definition) is 2. The molecule has 3 aromatic heterocycles. The SMILES string of the molecule is CCNc1cnc2nc(-c3cc(NC(=O)c4oc(C)nc4C)ccc3F)cn2c1. The number of aryl methyl sites for hydroxylation is 2. The maximum absolute atomic E-state index is 14.5. The van der Waals surface area contributed by atoms with E-state index in [1.165, 1.54) is 18.2 Å². The summed E-state index contributed by atoms with van der Waals surface area (Å²) in [6.45, 7) is 6.10. The molecule has 4 rings (SSSR count). The lowest BCUT2D eigenvalue weighted by Gasteiger charge is -2.06. The average Bonchev–Trinajstić information content (AvgIpc) is 3.25. The van der Waals surface area contributed by atoms with Gasteiger partial charge in [0.1, 0.15) is 5.82 Å². The van der Waals surface area contributed by atoms with Crippen LogP contribution in [-0.4, -0.2) is 31.8 Å². The molecule has 9 heteroatoms. The molecule has 0 aliphatic carbocycles. The average molecular weight is 394 g/mol. The van der Waals surface area contributed by atoms with Gasteiger partial charge in [-0.3, -0.25) is 9.20 Å². The summed E-state index contributed by atoms with van der Waals surface area (Å²) in [5.41, 5.74) is 2.40. The summed E-state index contributed by atoms with van der Waals surface area (Å²) in [5.74, 6) is 0.0729. The minimum absolute atomic E-state index is 0.126. The molecule has 4 aromatic rings. The highest BCUT2D eigenvalue weighted by atomic mass is 19.1. The number of amides is 1. The minimum Gasteiger partial charge on any atom is -0.436 e. The normalized spacial score (nSPS) is 11.0. The fraction of sp³-hybridized carbons (Fsp3) is 0.200. The number of halogens is 1. The number of anilines is 2. The summed E-state index contributed by atoms with van der Waals surface area (Å²) in [6, 6.07) is 4.29. The van der Waals surface area contributed by atoms with Crippen LogP contribution in [0.2, 0.25) is 0 Å². The van der Waals surface area contributed by atoms with Crippen LogP contribution in [0.3, 0.4) is 0 Å². The number of hydrogen-bond acceptors (Lipinski definition) is 6. The molecule has 8 nitrogen and oxygen atoms in total. The summed E-state index contributed by atoms with van der Waals surface area (Å²) in [5, 5.41) is 5.88. The van der Waals surface area contributed by atoms with E-state index in [-0.39, 0.29) is 11.3 Å². The first-order chi connectivity index (χ1) is 13.9. The Hall–Kier alpha value is -3.75. The van der Waals surface area contributed by atoms with Crippen molar-refractivity contribution in [3.8, 4) is 11.3 Å². The van der Waals surface area contributed by atoms with Crippen LogP contribution < -0.4 is 10.6 Å². The number of carbonyl (C=O) groups excluding carboxylic acids is 1. The van der Waals surface area contributed by atoms with Crippen LogP contribution in [0.1, 0.15) is 29.1 Å². The molecule has 0 unspecified atom stereocenters. The van der Waals surface area contributed by atoms with Crippen molar-refractivity contribution in [3.63, 3.8) is 0 Å². The van der Waals surface area contributed by atoms with E-state index >= 15 is 0 Å². The van der Waals surface area contributed by atoms with Crippen molar-refractivity contribution in [1.82, 2.24) is 19.4 Å². The second-order valence-electron chi connectivity index (χ2n) is 6.50. The highest BCUT2D eigenvalue weighted by molar-refractivity contribution is 6.03. The van der Waals surface area contributed by atoms with Crippen LogP contribution in [0.25, 0.3) is 17.0 Å². The van der Waals surface area contributed by atoms with Crippen LogP contribution in [0, 0.1) is 19.7 Å². The van der Waals surface area contributed by atoms with E-state index in [1.54, 1.807) is 30.6 Å². The second-order valence-corrected chi connectivity index (χ2v) is 6.50. The van der Waals surface area contributed by atoms with E-state index < -0.39 is 11.7 Å². The Morgan fingerprint density at radius 1 is 1.21 bits per heavy atom. The molecule has 1 amide bonds. The molecule has 1 aromatic carbocycles. The molecular formula is C20H19FN6O2. The maximum atomic E-state index is 14.5. The molecular weight excluding hydrogens is 375 g/mol. The monoisotopic (exact) mass is 394 g/mol. The summed E-state index contributed by atoms with van der Waals surface area (Å²) in [4.78, 5) is 25.2. The van der Waals surface area contributed by atoms with Gasteiger partial charge < -0.3 is 15.1 Å². The molecule has 29 heavy (non-hydrogen) atoms. The Balaban J connectivity index is 1.65. The summed E-state index contributed by atoms with van der Waals surface area (Å²) >= 11 is 0. The van der Waals surface area contributed by atoms with E-state index in [2.05, 4.69) is 25.6 Å². The molecule has 0 radical (unpaired) electrons. The van der Waals surface area contributed by atoms with Crippen LogP contribution >= 0.6 is 0 Å². The number of oxazole rings is 1. The van der Waals surface area contributed by atoms with Gasteiger partial charge in [-0.15, -0.1) is 0 Å². The zero-order valence-electron chi connectivity index (χ0n) is 16.2. The van der Waals surface area contributed by atoms with Gasteiger partial charge in [0.25, 0.3) is 5.91 Å². The van der Waals surface area contributed by atoms with Crippen LogP contribution in [0.5, 0.6) is 0 Å². The Morgan fingerprint density at radius 2 is 2.03 bits per heavy atom. The number of aromatic nitrogens is 4. The van der Waals surface area contributed by atoms with E-state index in [4.69, 9.17) is 4.42 Å². The van der Waals surface area contributed by atoms with E-state index in [1.807, 2.05) is 13.1 Å². The van der Waals surface area contributed by atoms with Crippen molar-refractivity contribution >= 4 is 23.1 Å². The van der Waals surface area contributed by atoms with Gasteiger partial charge >= 0.3 is 0 Å². The molecule has 0 atom stereocenters. The summed E-state index contributed by atoms with van der Waals surface area (Å²) in [6.07, 6.45) is 5.20. The Bertz CT molecular complexity index is 1210. The highest BCUT2D eigenvalue weighted by Crippen LogP contribution is 2.26. The van der Waals surface area contributed by atoms with E-state index in [9.17, 15) is 9.18 Å². The Morgan fingerprint density at radius 3 is 2.76 bits per heavy atom. The minimum atomic E-state index is -0.454. The quantitative estimate of drug-likeness (QED) is 0.534. The van der Waals surface area contributed by atoms with Gasteiger partial charge in [0.05, 0.1) is 23.3 Å². The molecule has 0 saturated carbocycles. The van der Waals surface area contributed by atoms with Gasteiger partial charge in [0.2, 0.25) is 11.5 Å². The fourth-order valence-corrected chi connectivity index (χ4v) is 3.04. The third-order valence-corrected chi connectivity index (χ3v) is 4.30. The fourth-order valence-electron chi connectivity index (χ4n) is 3.04. The predicted octanol–water partition coefficient (Wildman–Crippen LogP) is 3.82. The second kappa shape index (κ2) is 7.34. The predicted molar refractivity (Wildman–Crippen MR) is 106 cm³/mol. The van der Waals surface area contributed by atoms with Crippen molar-refractivity contribution in [2.45, 2.75) is 20.8 Å². The maximum Gasteiger partial charge on any atom is 0.293 e. The first kappa shape index (κ1) is 18.6. The number of benzene rings is 1. The van der Waals surface area contributed by atoms with Crippen molar-refractivity contribution in [2.75, 3.05) is 17.2 Å². The summed E-state index contributed by atoms with van der Waals surface area (Å²) in [7, 11) is 0. The molecule has 0 aliphatic rings. The molecule has 148 valence electrons. The van der Waals surface area contributed by atoms with Crippen LogP contribution in [0.15, 0.2) is 41.2 Å². The van der Waals surface area contributed by atoms with Crippen LogP contribution in [-0.2, 0) is 0 Å². The van der Waals surface area contributed by atoms with Gasteiger partial charge in [0, 0.05) is 37.1 Å². The van der Waals surface area contributed by atoms with Crippen molar-refractivity contribution in [1.29, 1.82) is 0 Å². The third-order valence-electron chi connectivity index (χ3n) is 4.30. The molecule has 0 aliphatic heterocycles. The number of fused-ring (bicyclic) bond motifs is 1. The number of carbonyl (C=O) groups is 1. The lowest BCUT2D eigenvalue weighted by Crippen LogP contribution is -2.12. The number of nitrogens with zero attached hydrogens (tertiary/aromatic N) is 4. The largest absolute Gasteiger partial charge is 0.436 e. The van der Waals surface area contributed by atoms with Gasteiger partial charge in [-0.2, -0.15) is 0 Å². The first-order valence-electron chi connectivity index (χ1n) is 9.08. The van der Waals surface area contributed by atoms with Crippen molar-refractivity contribution in [2.24, 2.45) is 0 Å². The van der Waals surface area contributed by atoms with Gasteiger partial charge in [0.15, 0.2) is 5.89 Å². The molecule has 2 N–H and O–H groups in total. The third kappa shape index (κ3) is 3.66. The Kier molecular flexibility index (Phi) is 4.71. The summed E-state index contributed by atoms with van der Waals surface area (Å²) < 4.78 is 21.5. The van der Waals surface area contributed by atoms with Crippen molar-refractivity contribution < 1.29 is 13.6 Å². The molecule has 0 fully saturated rings. The number of rotatable bonds is 5. The van der Waals surface area contributed by atoms with E-state index in [0.717, 1.165) is 12.2 Å². The smallest absolute Gasteiger partial charge is 0.293 e. The Labute approximate surface area is 165 Å². The molecule has 0 bridgehead atoms. The van der Waals surface area contributed by atoms with Gasteiger partial charge in [-0.25, -0.2) is 19.3 Å². The first-order valence-corrected chi connectivity index (χ1v) is 9.08. The van der Waals surface area contributed by atoms with Crippen molar-refractivity contribution in [3.05, 3.63) is 60.0 Å². The zero-order chi connectivity index (χ0) is 20.5. The number of imidazole rings is 1. The van der Waals surface area contributed by atoms with Gasteiger partial charge in [-0.1, -0.05) is 0 Å². The lowest BCUT2D eigenvalue weighted by atomic mass is 10.1. The standard InChI is InChI=1S/C20H19FN6O2/c1-4-22-14-8-23-20-26-17(10-27(20)9-14)15-7-13(5-6-16(15)21)25-19(28)18-11(2)24-12(3)29-18/h5-10,22H,4H2,1-3H3,(H,25,28). The molecule has 3 heterocycles. The molecule has 0 saturated heterocycles. The topological polar surface area (TPSA) is 97.3 Å². The zero-order valence-corrected chi connectivity index (χ0v) is 16.2. The lowest BCUT2D eigenvalue weighted by molar-refractivity contribution is 0.0994. The molecule has 0 spiro atoms. The number of nitrogens with one attached hydrogen (secondary N) is 2. The van der Waals surface area contributed by atoms with E-state index in [0.29, 0.717) is 28.7 Å². The highest BCUT2D eigenvalue weighted by Gasteiger charge is 2.17. The van der Waals surface area contributed by atoms with Crippen LogP contribution in [0.4, 0.5) is 15.8 Å². The van der Waals surface area contributed by atoms with Gasteiger partial charge in [-0.05, 0) is 32.0 Å².